The molecule has 44 heavy (non-hydrogen) atoms. The number of fused-ring (bicyclic) bond motifs is 7. The van der Waals surface area contributed by atoms with Gasteiger partial charge in [-0.15, -0.1) is 13.5 Å². The molecule has 12 heteroatoms. The van der Waals surface area contributed by atoms with Crippen LogP contribution in [-0.2, 0) is 0 Å². The topological polar surface area (TPSA) is 74.0 Å². The monoisotopic (exact) mass is 675 g/mol. The average Bonchev–Trinajstić information content (AvgIpc) is 3.15. The molecule has 0 bridgehead atoms. The zero-order valence-corrected chi connectivity index (χ0v) is 27.0. The molecule has 2 heterocycles. The first-order valence-electron chi connectivity index (χ1n) is 13.6. The molecule has 1 spiro atoms. The van der Waals surface area contributed by atoms with Crippen molar-refractivity contribution in [3.63, 3.8) is 0 Å². The molecule has 2 unspecified atom stereocenters. The smallest absolute Gasteiger partial charge is 0.431 e. The molecule has 7 nitrogen and oxygen atoms in total. The second-order valence-electron chi connectivity index (χ2n) is 10.0. The highest BCUT2D eigenvalue weighted by atomic mass is 35.7. The van der Waals surface area contributed by atoms with E-state index in [2.05, 4.69) is 12.1 Å². The predicted molar refractivity (Wildman–Crippen MR) is 182 cm³/mol. The first kappa shape index (κ1) is 27.8. The number of hydrogen-bond donors (Lipinski definition) is 0. The Labute approximate surface area is 263 Å². The van der Waals surface area contributed by atoms with Gasteiger partial charge in [-0.3, -0.25) is 0 Å². The van der Waals surface area contributed by atoms with Crippen molar-refractivity contribution < 1.29 is 18.1 Å². The van der Waals surface area contributed by atoms with Crippen molar-refractivity contribution in [3.05, 3.63) is 133 Å². The van der Waals surface area contributed by atoms with Gasteiger partial charge in [-0.1, -0.05) is 97.1 Å². The lowest BCUT2D eigenvalue weighted by Crippen LogP contribution is -2.03. The van der Waals surface area contributed by atoms with Crippen molar-refractivity contribution in [3.8, 4) is 34.1 Å². The van der Waals surface area contributed by atoms with Gasteiger partial charge in [-0.2, -0.15) is 0 Å². The van der Waals surface area contributed by atoms with Gasteiger partial charge in [0.15, 0.2) is 0 Å². The SMILES string of the molecule is ClP1(Oc2ccccc2)=NP(Cl)(Oc2ccccc2)=NP2(=N1)Oc1c(ccc3ccccc13)-c1ccc3ccccc3c1O2. The van der Waals surface area contributed by atoms with E-state index >= 15 is 0 Å². The molecule has 8 rings (SSSR count). The number of hydrogen-bond acceptors (Lipinski definition) is 7. The van der Waals surface area contributed by atoms with Crippen molar-refractivity contribution in [1.82, 2.24) is 0 Å². The number of nitrogens with zero attached hydrogens (tertiary/aromatic N) is 3. The fourth-order valence-corrected chi connectivity index (χ4v) is 16.8. The summed E-state index contributed by atoms with van der Waals surface area (Å²) in [5.74, 6) is 2.06. The summed E-state index contributed by atoms with van der Waals surface area (Å²) < 4.78 is 41.1. The van der Waals surface area contributed by atoms with Gasteiger partial charge < -0.3 is 18.1 Å². The third-order valence-electron chi connectivity index (χ3n) is 7.07. The zero-order chi connectivity index (χ0) is 29.8. The number of para-hydroxylation sites is 2. The number of halogens is 2. The molecule has 0 radical (unpaired) electrons. The van der Waals surface area contributed by atoms with Crippen LogP contribution in [0.5, 0.6) is 23.0 Å². The molecule has 0 saturated carbocycles. The van der Waals surface area contributed by atoms with E-state index in [1.165, 1.54) is 0 Å². The van der Waals surface area contributed by atoms with Crippen LogP contribution in [0.4, 0.5) is 0 Å². The minimum atomic E-state index is -3.78. The standard InChI is InChI=1S/C32H22Cl2N3O4P3/c33-42(38-25-13-3-1-4-14-25)35-43(34,39-26-15-5-2-6-16-26)37-44(36-42)40-31-27-17-9-7-11-23(27)19-21-29(31)30-22-20-24-12-8-10-18-28(24)32(30)41-44/h1-22H. The molecule has 2 aliphatic heterocycles. The van der Waals surface area contributed by atoms with Gasteiger partial charge in [-0.25, -0.2) is 0 Å². The summed E-state index contributed by atoms with van der Waals surface area (Å²) in [6, 6.07) is 42.3. The zero-order valence-electron chi connectivity index (χ0n) is 22.8. The largest absolute Gasteiger partial charge is 0.457 e. The summed E-state index contributed by atoms with van der Waals surface area (Å²) in [4.78, 5) is 0. The van der Waals surface area contributed by atoms with Crippen molar-refractivity contribution in [1.29, 1.82) is 0 Å². The van der Waals surface area contributed by atoms with E-state index in [-0.39, 0.29) is 0 Å². The Balaban J connectivity index is 1.44. The molecule has 2 atom stereocenters. The Hall–Kier alpha value is -3.69. The third kappa shape index (κ3) is 5.09. The average molecular weight is 676 g/mol. The van der Waals surface area contributed by atoms with Crippen LogP contribution in [0.3, 0.4) is 0 Å². The maximum absolute atomic E-state index is 7.25. The Kier molecular flexibility index (Phi) is 6.79. The molecule has 0 aliphatic carbocycles. The van der Waals surface area contributed by atoms with Gasteiger partial charge in [0.1, 0.15) is 23.0 Å². The van der Waals surface area contributed by atoms with E-state index < -0.39 is 21.2 Å². The highest BCUT2D eigenvalue weighted by molar-refractivity contribution is 8.00. The highest BCUT2D eigenvalue weighted by Crippen LogP contribution is 2.82. The van der Waals surface area contributed by atoms with Gasteiger partial charge in [0.25, 0.3) is 0 Å². The van der Waals surface area contributed by atoms with Crippen LogP contribution in [0, 0.1) is 0 Å². The van der Waals surface area contributed by atoms with Crippen LogP contribution in [0.1, 0.15) is 0 Å². The van der Waals surface area contributed by atoms with E-state index in [4.69, 9.17) is 54.1 Å². The summed E-state index contributed by atoms with van der Waals surface area (Å²) in [6.45, 7) is -7.24. The summed E-state index contributed by atoms with van der Waals surface area (Å²) in [6.07, 6.45) is 0. The van der Waals surface area contributed by atoms with Crippen molar-refractivity contribution in [2.45, 2.75) is 0 Å². The van der Waals surface area contributed by atoms with Crippen LogP contribution in [0.2, 0.25) is 0 Å². The molecular weight excluding hydrogens is 654 g/mol. The molecule has 6 aromatic carbocycles. The molecule has 218 valence electrons. The Morgan fingerprint density at radius 3 is 1.39 bits per heavy atom. The van der Waals surface area contributed by atoms with Gasteiger partial charge in [0, 0.05) is 21.9 Å². The number of rotatable bonds is 4. The fourth-order valence-electron chi connectivity index (χ4n) is 5.21. The minimum Gasteiger partial charge on any atom is -0.431 e. The lowest BCUT2D eigenvalue weighted by atomic mass is 9.96. The van der Waals surface area contributed by atoms with Gasteiger partial charge in [0.05, 0.1) is 0 Å². The van der Waals surface area contributed by atoms with Crippen LogP contribution >= 0.6 is 43.7 Å². The van der Waals surface area contributed by atoms with Crippen molar-refractivity contribution in [2.75, 3.05) is 0 Å². The minimum absolute atomic E-state index is 0.470. The third-order valence-corrected chi connectivity index (χ3v) is 17.0. The molecule has 0 amide bonds. The predicted octanol–water partition coefficient (Wildman–Crippen LogP) is 12.9. The summed E-state index contributed by atoms with van der Waals surface area (Å²) in [5, 5.41) is 3.70. The molecule has 6 aromatic rings. The van der Waals surface area contributed by atoms with Crippen molar-refractivity contribution in [2.24, 2.45) is 13.5 Å². The Morgan fingerprint density at radius 2 is 0.886 bits per heavy atom. The van der Waals surface area contributed by atoms with E-state index in [0.717, 1.165) is 32.7 Å². The van der Waals surface area contributed by atoms with E-state index in [0.29, 0.717) is 23.0 Å². The number of benzene rings is 6. The fraction of sp³-hybridized carbons (Fsp3) is 0. The molecule has 2 aliphatic rings. The van der Waals surface area contributed by atoms with E-state index in [1.807, 2.05) is 97.1 Å². The lowest BCUT2D eigenvalue weighted by molar-refractivity contribution is 0.490. The van der Waals surface area contributed by atoms with Gasteiger partial charge in [0.2, 0.25) is 0 Å². The normalized spacial score (nSPS) is 21.3. The first-order valence-corrected chi connectivity index (χ1v) is 20.2. The maximum atomic E-state index is 7.25. The summed E-state index contributed by atoms with van der Waals surface area (Å²) in [5.41, 5.74) is 1.67. The summed E-state index contributed by atoms with van der Waals surface area (Å²) in [7, 11) is -3.78. The molecule has 0 N–H and O–H groups in total. The Morgan fingerprint density at radius 1 is 0.455 bits per heavy atom. The highest BCUT2D eigenvalue weighted by Gasteiger charge is 2.45. The van der Waals surface area contributed by atoms with E-state index in [9.17, 15) is 0 Å². The second-order valence-corrected chi connectivity index (χ2v) is 18.4. The molecular formula is C32H22Cl2N3O4P3. The second kappa shape index (κ2) is 10.7. The molecule has 0 fully saturated rings. The van der Waals surface area contributed by atoms with Crippen LogP contribution in [0.25, 0.3) is 32.7 Å². The molecule has 0 aromatic heterocycles. The maximum Gasteiger partial charge on any atom is 0.457 e. The lowest BCUT2D eigenvalue weighted by Gasteiger charge is -2.29. The Bertz CT molecular complexity index is 2130. The van der Waals surface area contributed by atoms with Crippen LogP contribution < -0.4 is 18.1 Å². The summed E-state index contributed by atoms with van der Waals surface area (Å²) >= 11 is 14.5. The van der Waals surface area contributed by atoms with Crippen LogP contribution in [-0.4, -0.2) is 0 Å². The van der Waals surface area contributed by atoms with E-state index in [1.54, 1.807) is 24.3 Å². The van der Waals surface area contributed by atoms with Crippen molar-refractivity contribution >= 4 is 65.3 Å². The van der Waals surface area contributed by atoms with Gasteiger partial charge in [-0.05, 0) is 69.7 Å². The quantitative estimate of drug-likeness (QED) is 0.174. The molecule has 0 saturated heterocycles. The van der Waals surface area contributed by atoms with Crippen LogP contribution in [0.15, 0.2) is 147 Å². The first-order chi connectivity index (χ1) is 21.4. The van der Waals surface area contributed by atoms with Gasteiger partial charge >= 0.3 is 21.2 Å².